The summed E-state index contributed by atoms with van der Waals surface area (Å²) in [6, 6.07) is 13.4. The van der Waals surface area contributed by atoms with E-state index in [1.165, 1.54) is 12.8 Å². The molecule has 8 heteroatoms. The van der Waals surface area contributed by atoms with Gasteiger partial charge in [-0.1, -0.05) is 56.0 Å². The predicted molar refractivity (Wildman–Crippen MR) is 144 cm³/mol. The molecule has 2 fully saturated rings. The molecule has 2 aromatic carbocycles. The summed E-state index contributed by atoms with van der Waals surface area (Å²) >= 11 is 0. The van der Waals surface area contributed by atoms with Gasteiger partial charge in [-0.05, 0) is 68.4 Å². The lowest BCUT2D eigenvalue weighted by molar-refractivity contribution is -0.128. The fourth-order valence-electron chi connectivity index (χ4n) is 6.01. The molecule has 0 radical (unpaired) electrons. The Labute approximate surface area is 221 Å². The number of hydrogen-bond donors (Lipinski definition) is 1. The number of sulfonamides is 1. The number of nitrogens with one attached hydrogen (secondary N) is 1. The van der Waals surface area contributed by atoms with Crippen molar-refractivity contribution in [2.45, 2.75) is 81.7 Å². The average Bonchev–Trinajstić information content (AvgIpc) is 3.23. The fourth-order valence-corrected chi connectivity index (χ4v) is 8.10. The van der Waals surface area contributed by atoms with E-state index in [2.05, 4.69) is 17.4 Å². The van der Waals surface area contributed by atoms with Crippen LogP contribution in [0.25, 0.3) is 0 Å². The lowest BCUT2D eigenvalue weighted by Crippen LogP contribution is -2.47. The first-order valence-corrected chi connectivity index (χ1v) is 14.8. The third-order valence-corrected chi connectivity index (χ3v) is 10.0. The van der Waals surface area contributed by atoms with Gasteiger partial charge >= 0.3 is 0 Å². The largest absolute Gasteiger partial charge is 0.497 e. The van der Waals surface area contributed by atoms with Gasteiger partial charge in [0, 0.05) is 12.6 Å². The highest BCUT2D eigenvalue weighted by Gasteiger charge is 2.38. The lowest BCUT2D eigenvalue weighted by atomic mass is 9.82. The smallest absolute Gasteiger partial charge is 0.246 e. The fraction of sp³-hybridized carbons (Fsp3) is 0.552. The van der Waals surface area contributed by atoms with Crippen molar-refractivity contribution in [2.24, 2.45) is 0 Å². The van der Waals surface area contributed by atoms with E-state index < -0.39 is 10.0 Å². The third-order valence-electron chi connectivity index (χ3n) is 7.76. The van der Waals surface area contributed by atoms with Gasteiger partial charge in [-0.3, -0.25) is 4.79 Å². The van der Waals surface area contributed by atoms with E-state index in [0.29, 0.717) is 34.7 Å². The number of carbonyl (C=O) groups is 1. The number of benzene rings is 2. The quantitative estimate of drug-likeness (QED) is 0.471. The van der Waals surface area contributed by atoms with E-state index in [9.17, 15) is 13.2 Å². The Bertz CT molecular complexity index is 1150. The second kappa shape index (κ2) is 12.0. The van der Waals surface area contributed by atoms with Gasteiger partial charge in [0.15, 0.2) is 0 Å². The topological polar surface area (TPSA) is 84.9 Å². The molecular formula is C29H40N2O5S. The molecular weight excluding hydrogens is 488 g/mol. The third kappa shape index (κ3) is 6.19. The minimum Gasteiger partial charge on any atom is -0.497 e. The molecule has 7 nitrogen and oxygen atoms in total. The molecule has 202 valence electrons. The minimum atomic E-state index is -3.70. The van der Waals surface area contributed by atoms with Crippen molar-refractivity contribution in [3.63, 3.8) is 0 Å². The molecule has 1 aliphatic carbocycles. The van der Waals surface area contributed by atoms with Gasteiger partial charge in [-0.15, -0.1) is 0 Å². The second-order valence-electron chi connectivity index (χ2n) is 10.4. The van der Waals surface area contributed by atoms with Crippen LogP contribution in [0.1, 0.15) is 68.1 Å². The lowest BCUT2D eigenvalue weighted by Gasteiger charge is -2.35. The van der Waals surface area contributed by atoms with Crippen LogP contribution in [-0.2, 0) is 25.1 Å². The van der Waals surface area contributed by atoms with Crippen molar-refractivity contribution in [3.8, 4) is 5.75 Å². The van der Waals surface area contributed by atoms with Crippen molar-refractivity contribution in [3.05, 3.63) is 59.2 Å². The first kappa shape index (κ1) is 27.6. The summed E-state index contributed by atoms with van der Waals surface area (Å²) in [6.07, 6.45) is 7.83. The summed E-state index contributed by atoms with van der Waals surface area (Å²) in [5.74, 6) is 0.489. The molecule has 0 aromatic heterocycles. The Morgan fingerprint density at radius 2 is 1.68 bits per heavy atom. The Hall–Kier alpha value is -2.42. The molecule has 0 unspecified atom stereocenters. The second-order valence-corrected chi connectivity index (χ2v) is 12.3. The summed E-state index contributed by atoms with van der Waals surface area (Å²) in [7, 11) is -2.13. The molecule has 0 bridgehead atoms. The summed E-state index contributed by atoms with van der Waals surface area (Å²) in [5.41, 5.74) is 2.10. The molecule has 2 aromatic rings. The zero-order valence-electron chi connectivity index (χ0n) is 22.3. The summed E-state index contributed by atoms with van der Waals surface area (Å²) in [5, 5.41) is 3.30. The van der Waals surface area contributed by atoms with Crippen molar-refractivity contribution < 1.29 is 22.7 Å². The number of methoxy groups -OCH3 is 1. The van der Waals surface area contributed by atoms with Crippen LogP contribution in [-0.4, -0.2) is 51.5 Å². The number of hydrogen-bond acceptors (Lipinski definition) is 5. The van der Waals surface area contributed by atoms with Gasteiger partial charge in [0.2, 0.25) is 15.9 Å². The highest BCUT2D eigenvalue weighted by atomic mass is 32.2. The molecule has 1 saturated carbocycles. The number of rotatable bonds is 9. The van der Waals surface area contributed by atoms with Crippen molar-refractivity contribution in [2.75, 3.05) is 26.9 Å². The standard InChI is InChI=1S/C29H40N2O5S/c1-22-18-26(35-3)19-23(2)28(22)37(33,34)31-17-11-14-25(31)20-36-21-27(32)30-29(15-9-4-5-10-16-29)24-12-7-6-8-13-24/h6-8,12-13,18-19,25H,4-5,9-11,14-17,20-21H2,1-3H3,(H,30,32)/t25-/m0/s1. The highest BCUT2D eigenvalue weighted by Crippen LogP contribution is 2.36. The summed E-state index contributed by atoms with van der Waals surface area (Å²) in [6.45, 7) is 4.15. The summed E-state index contributed by atoms with van der Waals surface area (Å²) in [4.78, 5) is 13.4. The predicted octanol–water partition coefficient (Wildman–Crippen LogP) is 4.85. The van der Waals surface area contributed by atoms with E-state index in [4.69, 9.17) is 9.47 Å². The van der Waals surface area contributed by atoms with E-state index in [1.54, 1.807) is 37.4 Å². The van der Waals surface area contributed by atoms with Gasteiger partial charge in [0.25, 0.3) is 0 Å². The molecule has 4 rings (SSSR count). The van der Waals surface area contributed by atoms with Crippen molar-refractivity contribution in [1.82, 2.24) is 9.62 Å². The Kier molecular flexibility index (Phi) is 8.93. The molecule has 1 N–H and O–H groups in total. The zero-order valence-corrected chi connectivity index (χ0v) is 23.1. The maximum absolute atomic E-state index is 13.6. The highest BCUT2D eigenvalue weighted by molar-refractivity contribution is 7.89. The monoisotopic (exact) mass is 528 g/mol. The molecule has 1 aliphatic heterocycles. The van der Waals surface area contributed by atoms with Crippen molar-refractivity contribution >= 4 is 15.9 Å². The Balaban J connectivity index is 1.40. The zero-order chi connectivity index (χ0) is 26.5. The van der Waals surface area contributed by atoms with Crippen LogP contribution >= 0.6 is 0 Å². The van der Waals surface area contributed by atoms with Crippen LogP contribution in [0.4, 0.5) is 0 Å². The number of carbonyl (C=O) groups excluding carboxylic acids is 1. The van der Waals surface area contributed by atoms with Crippen molar-refractivity contribution in [1.29, 1.82) is 0 Å². The number of amides is 1. The van der Waals surface area contributed by atoms with Crippen LogP contribution in [0.5, 0.6) is 5.75 Å². The summed E-state index contributed by atoms with van der Waals surface area (Å²) < 4.78 is 39.9. The first-order valence-electron chi connectivity index (χ1n) is 13.4. The Morgan fingerprint density at radius 3 is 2.30 bits per heavy atom. The molecule has 1 heterocycles. The first-order chi connectivity index (χ1) is 17.8. The molecule has 1 amide bonds. The molecule has 1 saturated heterocycles. The SMILES string of the molecule is COc1cc(C)c(S(=O)(=O)N2CCC[C@H]2COCC(=O)NC2(c3ccccc3)CCCCCC2)c(C)c1. The van der Waals surface area contributed by atoms with Crippen LogP contribution in [0, 0.1) is 13.8 Å². The average molecular weight is 529 g/mol. The van der Waals surface area contributed by atoms with E-state index >= 15 is 0 Å². The number of ether oxygens (including phenoxy) is 2. The van der Waals surface area contributed by atoms with Crippen LogP contribution in [0.2, 0.25) is 0 Å². The minimum absolute atomic E-state index is 0.0838. The van der Waals surface area contributed by atoms with Crippen LogP contribution in [0.15, 0.2) is 47.4 Å². The normalized spacial score (nSPS) is 20.4. The van der Waals surface area contributed by atoms with Crippen LogP contribution < -0.4 is 10.1 Å². The Morgan fingerprint density at radius 1 is 1.03 bits per heavy atom. The molecule has 1 atom stereocenters. The molecule has 2 aliphatic rings. The van der Waals surface area contributed by atoms with Gasteiger partial charge in [-0.25, -0.2) is 8.42 Å². The van der Waals surface area contributed by atoms with Gasteiger partial charge in [0.1, 0.15) is 12.4 Å². The van der Waals surface area contributed by atoms with Gasteiger partial charge < -0.3 is 14.8 Å². The molecule has 37 heavy (non-hydrogen) atoms. The number of aryl methyl sites for hydroxylation is 2. The molecule has 0 spiro atoms. The van der Waals surface area contributed by atoms with Gasteiger partial charge in [0.05, 0.1) is 24.2 Å². The van der Waals surface area contributed by atoms with E-state index in [-0.39, 0.29) is 30.7 Å². The van der Waals surface area contributed by atoms with E-state index in [1.807, 2.05) is 18.2 Å². The van der Waals surface area contributed by atoms with Gasteiger partial charge in [-0.2, -0.15) is 4.31 Å². The van der Waals surface area contributed by atoms with Crippen LogP contribution in [0.3, 0.4) is 0 Å². The van der Waals surface area contributed by atoms with E-state index in [0.717, 1.165) is 37.7 Å². The maximum atomic E-state index is 13.6. The maximum Gasteiger partial charge on any atom is 0.246 e. The number of nitrogens with zero attached hydrogens (tertiary/aromatic N) is 1.